The molecule has 1 aliphatic rings. The van der Waals surface area contributed by atoms with E-state index in [9.17, 15) is 4.79 Å². The van der Waals surface area contributed by atoms with Crippen molar-refractivity contribution >= 4 is 36.4 Å². The van der Waals surface area contributed by atoms with Crippen molar-refractivity contribution in [3.8, 4) is 0 Å². The predicted molar refractivity (Wildman–Crippen MR) is 121 cm³/mol. The van der Waals surface area contributed by atoms with Crippen molar-refractivity contribution in [3.63, 3.8) is 0 Å². The van der Waals surface area contributed by atoms with E-state index in [2.05, 4.69) is 47.1 Å². The second-order valence-electron chi connectivity index (χ2n) is 7.14. The highest BCUT2D eigenvalue weighted by atomic mass is 35.5. The number of rotatable bonds is 6. The van der Waals surface area contributed by atoms with Gasteiger partial charge in [0.15, 0.2) is 0 Å². The summed E-state index contributed by atoms with van der Waals surface area (Å²) in [4.78, 5) is 17.6. The molecule has 1 fully saturated rings. The summed E-state index contributed by atoms with van der Waals surface area (Å²) < 4.78 is 0. The van der Waals surface area contributed by atoms with Crippen molar-refractivity contribution in [1.82, 2.24) is 9.80 Å². The lowest BCUT2D eigenvalue weighted by Crippen LogP contribution is -2.50. The fourth-order valence-electron chi connectivity index (χ4n) is 3.80. The number of hydrogen-bond donors (Lipinski definition) is 1. The maximum Gasteiger partial charge on any atom is 0.254 e. The predicted octanol–water partition coefficient (Wildman–Crippen LogP) is 4.63. The number of nitrogens with two attached hydrogens (primary N) is 1. The lowest BCUT2D eigenvalue weighted by Gasteiger charge is -2.39. The van der Waals surface area contributed by atoms with Crippen LogP contribution < -0.4 is 5.73 Å². The minimum absolute atomic E-state index is 0. The number of carbonyl (C=O) groups is 1. The molecule has 2 N–H and O–H groups in total. The number of halogens is 2. The second-order valence-corrected chi connectivity index (χ2v) is 7.14. The zero-order valence-electron chi connectivity index (χ0n) is 16.4. The Bertz CT molecular complexity index is 727. The highest BCUT2D eigenvalue weighted by molar-refractivity contribution is 5.95. The standard InChI is InChI=1S/C22H29N3O.2ClH/c1-2-13-25(22(26)19-10-6-11-20(23)15-19)21-12-7-14-24(17-21)16-18-8-4-3-5-9-18;;/h3-6,8-11,15,21H,2,7,12-14,16-17,23H2,1H3;2*1H. The van der Waals surface area contributed by atoms with Gasteiger partial charge in [0, 0.05) is 36.9 Å². The minimum Gasteiger partial charge on any atom is -0.399 e. The number of piperidine rings is 1. The second kappa shape index (κ2) is 11.9. The number of anilines is 1. The van der Waals surface area contributed by atoms with Crippen LogP contribution in [0.1, 0.15) is 42.1 Å². The van der Waals surface area contributed by atoms with Crippen LogP contribution in [0.5, 0.6) is 0 Å². The Labute approximate surface area is 180 Å². The number of nitrogen functional groups attached to an aromatic ring is 1. The molecule has 0 bridgehead atoms. The molecule has 0 saturated carbocycles. The highest BCUT2D eigenvalue weighted by Gasteiger charge is 2.28. The number of amides is 1. The molecule has 1 saturated heterocycles. The fourth-order valence-corrected chi connectivity index (χ4v) is 3.80. The SMILES string of the molecule is CCCN(C(=O)c1cccc(N)c1)C1CCCN(Cc2ccccc2)C1.Cl.Cl. The molecule has 154 valence electrons. The lowest BCUT2D eigenvalue weighted by atomic mass is 10.0. The lowest BCUT2D eigenvalue weighted by molar-refractivity contribution is 0.0534. The maximum absolute atomic E-state index is 13.1. The fraction of sp³-hybridized carbons (Fsp3) is 0.409. The molecule has 1 unspecified atom stereocenters. The van der Waals surface area contributed by atoms with Crippen molar-refractivity contribution in [2.24, 2.45) is 0 Å². The van der Waals surface area contributed by atoms with Gasteiger partial charge in [-0.15, -0.1) is 24.8 Å². The molecule has 3 rings (SSSR count). The smallest absolute Gasteiger partial charge is 0.254 e. The van der Waals surface area contributed by atoms with E-state index >= 15 is 0 Å². The molecule has 0 aromatic heterocycles. The minimum atomic E-state index is 0. The Balaban J connectivity index is 0.00000196. The molecule has 2 aromatic rings. The van der Waals surface area contributed by atoms with Crippen LogP contribution in [-0.2, 0) is 6.54 Å². The Hall–Kier alpha value is -1.75. The summed E-state index contributed by atoms with van der Waals surface area (Å²) in [6, 6.07) is 18.2. The van der Waals surface area contributed by atoms with Gasteiger partial charge in [-0.05, 0) is 49.6 Å². The number of benzene rings is 2. The average Bonchev–Trinajstić information content (AvgIpc) is 2.66. The molecule has 1 atom stereocenters. The molecule has 4 nitrogen and oxygen atoms in total. The summed E-state index contributed by atoms with van der Waals surface area (Å²) in [5.41, 5.74) is 8.54. The van der Waals surface area contributed by atoms with E-state index in [0.29, 0.717) is 11.3 Å². The van der Waals surface area contributed by atoms with Gasteiger partial charge >= 0.3 is 0 Å². The first kappa shape index (κ1) is 24.3. The Kier molecular flexibility index (Phi) is 10.4. The van der Waals surface area contributed by atoms with E-state index in [1.54, 1.807) is 6.07 Å². The Morgan fingerprint density at radius 2 is 1.89 bits per heavy atom. The van der Waals surface area contributed by atoms with Crippen molar-refractivity contribution in [2.45, 2.75) is 38.8 Å². The van der Waals surface area contributed by atoms with E-state index in [4.69, 9.17) is 5.73 Å². The molecule has 1 aliphatic heterocycles. The molecule has 1 amide bonds. The van der Waals surface area contributed by atoms with Crippen LogP contribution in [-0.4, -0.2) is 41.4 Å². The number of nitrogens with zero attached hydrogens (tertiary/aromatic N) is 2. The van der Waals surface area contributed by atoms with E-state index in [-0.39, 0.29) is 36.8 Å². The van der Waals surface area contributed by atoms with Crippen LogP contribution in [0.15, 0.2) is 54.6 Å². The molecular weight excluding hydrogens is 393 g/mol. The highest BCUT2D eigenvalue weighted by Crippen LogP contribution is 2.21. The third-order valence-corrected chi connectivity index (χ3v) is 5.03. The molecular formula is C22H31Cl2N3O. The number of carbonyl (C=O) groups excluding carboxylic acids is 1. The van der Waals surface area contributed by atoms with E-state index in [1.807, 2.05) is 18.2 Å². The third-order valence-electron chi connectivity index (χ3n) is 5.03. The molecule has 2 aromatic carbocycles. The van der Waals surface area contributed by atoms with Gasteiger partial charge in [-0.2, -0.15) is 0 Å². The van der Waals surface area contributed by atoms with Crippen molar-refractivity contribution in [1.29, 1.82) is 0 Å². The van der Waals surface area contributed by atoms with Crippen LogP contribution in [0.25, 0.3) is 0 Å². The summed E-state index contributed by atoms with van der Waals surface area (Å²) in [6.07, 6.45) is 3.16. The molecule has 1 heterocycles. The normalized spacial score (nSPS) is 16.5. The van der Waals surface area contributed by atoms with Crippen molar-refractivity contribution in [3.05, 3.63) is 65.7 Å². The van der Waals surface area contributed by atoms with E-state index in [1.165, 1.54) is 5.56 Å². The van der Waals surface area contributed by atoms with Gasteiger partial charge in [0.1, 0.15) is 0 Å². The molecule has 0 spiro atoms. The van der Waals surface area contributed by atoms with Crippen molar-refractivity contribution < 1.29 is 4.79 Å². The third kappa shape index (κ3) is 6.40. The van der Waals surface area contributed by atoms with Gasteiger partial charge in [0.25, 0.3) is 5.91 Å². The summed E-state index contributed by atoms with van der Waals surface area (Å²) in [5, 5.41) is 0. The van der Waals surface area contributed by atoms with Crippen LogP contribution in [0.4, 0.5) is 5.69 Å². The van der Waals surface area contributed by atoms with Gasteiger partial charge < -0.3 is 10.6 Å². The quantitative estimate of drug-likeness (QED) is 0.688. The number of likely N-dealkylation sites (tertiary alicyclic amines) is 1. The largest absolute Gasteiger partial charge is 0.399 e. The number of hydrogen-bond acceptors (Lipinski definition) is 3. The summed E-state index contributed by atoms with van der Waals surface area (Å²) in [7, 11) is 0. The molecule has 6 heteroatoms. The molecule has 0 aliphatic carbocycles. The van der Waals surface area contributed by atoms with Gasteiger partial charge in [0.05, 0.1) is 0 Å². The van der Waals surface area contributed by atoms with Gasteiger partial charge in [-0.25, -0.2) is 0 Å². The van der Waals surface area contributed by atoms with E-state index < -0.39 is 0 Å². The monoisotopic (exact) mass is 423 g/mol. The summed E-state index contributed by atoms with van der Waals surface area (Å²) in [5.74, 6) is 0.103. The summed E-state index contributed by atoms with van der Waals surface area (Å²) in [6.45, 7) is 5.90. The van der Waals surface area contributed by atoms with Gasteiger partial charge in [0.2, 0.25) is 0 Å². The van der Waals surface area contributed by atoms with Crippen LogP contribution in [0.2, 0.25) is 0 Å². The zero-order valence-corrected chi connectivity index (χ0v) is 18.1. The first-order valence-electron chi connectivity index (χ1n) is 9.60. The Morgan fingerprint density at radius 3 is 2.57 bits per heavy atom. The molecule has 0 radical (unpaired) electrons. The average molecular weight is 424 g/mol. The first-order valence-corrected chi connectivity index (χ1v) is 9.60. The van der Waals surface area contributed by atoms with Crippen LogP contribution in [0, 0.1) is 0 Å². The van der Waals surface area contributed by atoms with Crippen LogP contribution >= 0.6 is 24.8 Å². The maximum atomic E-state index is 13.1. The Morgan fingerprint density at radius 1 is 1.14 bits per heavy atom. The van der Waals surface area contributed by atoms with Gasteiger partial charge in [-0.3, -0.25) is 9.69 Å². The van der Waals surface area contributed by atoms with Gasteiger partial charge in [-0.1, -0.05) is 43.3 Å². The topological polar surface area (TPSA) is 49.6 Å². The molecule has 28 heavy (non-hydrogen) atoms. The van der Waals surface area contributed by atoms with Crippen molar-refractivity contribution in [2.75, 3.05) is 25.4 Å². The van der Waals surface area contributed by atoms with Crippen LogP contribution in [0.3, 0.4) is 0 Å². The first-order chi connectivity index (χ1) is 12.7. The zero-order chi connectivity index (χ0) is 18.4. The summed E-state index contributed by atoms with van der Waals surface area (Å²) >= 11 is 0. The van der Waals surface area contributed by atoms with E-state index in [0.717, 1.165) is 45.4 Å².